The fourth-order valence-electron chi connectivity index (χ4n) is 3.96. The smallest absolute Gasteiger partial charge is 0.337 e. The molecule has 1 aromatic heterocycles. The van der Waals surface area contributed by atoms with E-state index in [1.807, 2.05) is 4.90 Å². The molecule has 3 heterocycles. The van der Waals surface area contributed by atoms with E-state index in [-0.39, 0.29) is 5.91 Å². The highest BCUT2D eigenvalue weighted by Gasteiger charge is 2.30. The summed E-state index contributed by atoms with van der Waals surface area (Å²) in [5.41, 5.74) is 1.33. The summed E-state index contributed by atoms with van der Waals surface area (Å²) in [5, 5.41) is 2.09. The highest BCUT2D eigenvalue weighted by molar-refractivity contribution is 7.10. The molecule has 29 heavy (non-hydrogen) atoms. The summed E-state index contributed by atoms with van der Waals surface area (Å²) in [6.07, 6.45) is -3.38. The van der Waals surface area contributed by atoms with Crippen molar-refractivity contribution in [3.8, 4) is 0 Å². The number of piperazine rings is 1. The first kappa shape index (κ1) is 20.4. The molecule has 2 aliphatic heterocycles. The molecule has 0 N–H and O–H groups in total. The Morgan fingerprint density at radius 3 is 2.55 bits per heavy atom. The van der Waals surface area contributed by atoms with Crippen LogP contribution in [0.4, 0.5) is 13.2 Å². The Balaban J connectivity index is 1.25. The summed E-state index contributed by atoms with van der Waals surface area (Å²) in [6.45, 7) is 5.39. The third-order valence-corrected chi connectivity index (χ3v) is 6.67. The van der Waals surface area contributed by atoms with Crippen LogP contribution in [-0.4, -0.2) is 59.9 Å². The van der Waals surface area contributed by atoms with Gasteiger partial charge in [-0.3, -0.25) is 14.6 Å². The normalized spacial score (nSPS) is 18.7. The summed E-state index contributed by atoms with van der Waals surface area (Å²) < 4.78 is 38.6. The largest absolute Gasteiger partial charge is 0.416 e. The van der Waals surface area contributed by atoms with Gasteiger partial charge in [-0.25, -0.2) is 0 Å². The monoisotopic (exact) mass is 423 g/mol. The number of hydrogen-bond donors (Lipinski definition) is 0. The van der Waals surface area contributed by atoms with E-state index in [9.17, 15) is 18.0 Å². The van der Waals surface area contributed by atoms with Gasteiger partial charge in [-0.1, -0.05) is 18.2 Å². The minimum atomic E-state index is -4.31. The lowest BCUT2D eigenvalue weighted by molar-refractivity contribution is -0.137. The molecular formula is C21H24F3N3OS. The van der Waals surface area contributed by atoms with Crippen molar-refractivity contribution in [1.82, 2.24) is 14.7 Å². The number of carbonyl (C=O) groups is 1. The Bertz CT molecular complexity index is 859. The maximum atomic E-state index is 12.9. The van der Waals surface area contributed by atoms with Gasteiger partial charge in [0.05, 0.1) is 12.1 Å². The topological polar surface area (TPSA) is 26.8 Å². The zero-order valence-electron chi connectivity index (χ0n) is 16.1. The van der Waals surface area contributed by atoms with Gasteiger partial charge in [-0.05, 0) is 35.1 Å². The molecule has 0 saturated carbocycles. The Hall–Kier alpha value is -1.90. The van der Waals surface area contributed by atoms with Crippen molar-refractivity contribution < 1.29 is 18.0 Å². The summed E-state index contributed by atoms with van der Waals surface area (Å²) >= 11 is 1.76. The predicted molar refractivity (Wildman–Crippen MR) is 107 cm³/mol. The summed E-state index contributed by atoms with van der Waals surface area (Å²) in [6, 6.07) is 7.63. The second-order valence-electron chi connectivity index (χ2n) is 7.68. The molecule has 0 spiro atoms. The van der Waals surface area contributed by atoms with Crippen molar-refractivity contribution in [2.75, 3.05) is 39.3 Å². The van der Waals surface area contributed by atoms with E-state index in [2.05, 4.69) is 21.2 Å². The molecule has 1 fully saturated rings. The Morgan fingerprint density at radius 1 is 1.03 bits per heavy atom. The molecule has 1 saturated heterocycles. The molecule has 4 nitrogen and oxygen atoms in total. The second kappa shape index (κ2) is 8.45. The third-order valence-electron chi connectivity index (χ3n) is 5.64. The van der Waals surface area contributed by atoms with E-state index in [0.29, 0.717) is 25.2 Å². The number of carbonyl (C=O) groups excluding carboxylic acids is 1. The summed E-state index contributed by atoms with van der Waals surface area (Å²) in [5.74, 6) is 0.160. The number of thiophene rings is 1. The van der Waals surface area contributed by atoms with Gasteiger partial charge in [-0.15, -0.1) is 11.3 Å². The van der Waals surface area contributed by atoms with Crippen LogP contribution in [0.1, 0.15) is 21.6 Å². The van der Waals surface area contributed by atoms with Crippen molar-refractivity contribution in [1.29, 1.82) is 0 Å². The number of fused-ring (bicyclic) bond motifs is 1. The van der Waals surface area contributed by atoms with Crippen molar-refractivity contribution >= 4 is 17.2 Å². The van der Waals surface area contributed by atoms with Gasteiger partial charge < -0.3 is 4.90 Å². The van der Waals surface area contributed by atoms with E-state index >= 15 is 0 Å². The molecule has 156 valence electrons. The Morgan fingerprint density at radius 2 is 1.79 bits per heavy atom. The van der Waals surface area contributed by atoms with E-state index in [4.69, 9.17) is 0 Å². The lowest BCUT2D eigenvalue weighted by atomic mass is 10.1. The number of rotatable bonds is 4. The quantitative estimate of drug-likeness (QED) is 0.754. The average Bonchev–Trinajstić information content (AvgIpc) is 3.17. The molecule has 1 amide bonds. The minimum absolute atomic E-state index is 0.160. The van der Waals surface area contributed by atoms with Gasteiger partial charge >= 0.3 is 6.18 Å². The van der Waals surface area contributed by atoms with Crippen molar-refractivity contribution in [2.45, 2.75) is 25.7 Å². The van der Waals surface area contributed by atoms with Crippen LogP contribution >= 0.6 is 11.3 Å². The summed E-state index contributed by atoms with van der Waals surface area (Å²) in [7, 11) is 0. The molecule has 4 rings (SSSR count). The predicted octanol–water partition coefficient (Wildman–Crippen LogP) is 3.47. The van der Waals surface area contributed by atoms with Crippen LogP contribution in [0.5, 0.6) is 0 Å². The van der Waals surface area contributed by atoms with Gasteiger partial charge in [-0.2, -0.15) is 13.2 Å². The molecule has 0 aliphatic carbocycles. The molecule has 8 heteroatoms. The zero-order valence-corrected chi connectivity index (χ0v) is 16.9. The molecule has 2 aliphatic rings. The maximum Gasteiger partial charge on any atom is 0.416 e. The van der Waals surface area contributed by atoms with Crippen molar-refractivity contribution in [2.24, 2.45) is 0 Å². The first-order chi connectivity index (χ1) is 13.9. The second-order valence-corrected chi connectivity index (χ2v) is 8.69. The van der Waals surface area contributed by atoms with Gasteiger partial charge in [0.2, 0.25) is 5.91 Å². The highest BCUT2D eigenvalue weighted by Crippen LogP contribution is 2.30. The van der Waals surface area contributed by atoms with Crippen LogP contribution in [0.3, 0.4) is 0 Å². The molecule has 1 aromatic carbocycles. The Labute approximate surface area is 172 Å². The van der Waals surface area contributed by atoms with Gasteiger partial charge in [0.1, 0.15) is 0 Å². The van der Waals surface area contributed by atoms with Crippen LogP contribution < -0.4 is 0 Å². The molecule has 2 aromatic rings. The van der Waals surface area contributed by atoms with E-state index in [0.717, 1.165) is 45.2 Å². The number of halogens is 3. The average molecular weight is 424 g/mol. The van der Waals surface area contributed by atoms with Crippen LogP contribution in [0.2, 0.25) is 0 Å². The maximum absolute atomic E-state index is 12.9. The number of nitrogens with zero attached hydrogens (tertiary/aromatic N) is 3. The van der Waals surface area contributed by atoms with Crippen molar-refractivity contribution in [3.63, 3.8) is 0 Å². The molecule has 0 bridgehead atoms. The van der Waals surface area contributed by atoms with Crippen LogP contribution in [0.25, 0.3) is 0 Å². The Kier molecular flexibility index (Phi) is 5.94. The molecular weight excluding hydrogens is 399 g/mol. The van der Waals surface area contributed by atoms with Gasteiger partial charge in [0.25, 0.3) is 0 Å². The standard InChI is InChI=1S/C21H24F3N3OS/c22-21(23,24)18-3-1-2-16(12-18)13-25-7-9-26(10-8-25)15-20(28)27-6-4-19-17(14-27)5-11-29-19/h1-3,5,11-12H,4,6-10,13-15H2. The number of hydrogen-bond acceptors (Lipinski definition) is 4. The lowest BCUT2D eigenvalue weighted by Crippen LogP contribution is -2.50. The first-order valence-corrected chi connectivity index (χ1v) is 10.7. The third kappa shape index (κ3) is 4.99. The van der Waals surface area contributed by atoms with Gasteiger partial charge in [0, 0.05) is 50.7 Å². The van der Waals surface area contributed by atoms with Crippen LogP contribution in [-0.2, 0) is 30.5 Å². The number of alkyl halides is 3. The SMILES string of the molecule is O=C(CN1CCN(Cc2cccc(C(F)(F)F)c2)CC1)N1CCc2sccc2C1. The van der Waals surface area contributed by atoms with E-state index < -0.39 is 11.7 Å². The van der Waals surface area contributed by atoms with Gasteiger partial charge in [0.15, 0.2) is 0 Å². The van der Waals surface area contributed by atoms with E-state index in [1.165, 1.54) is 22.6 Å². The molecule has 0 atom stereocenters. The van der Waals surface area contributed by atoms with Crippen LogP contribution in [0.15, 0.2) is 35.7 Å². The molecule has 0 unspecified atom stereocenters. The fourth-order valence-corrected chi connectivity index (χ4v) is 4.85. The minimum Gasteiger partial charge on any atom is -0.337 e. The fraction of sp³-hybridized carbons (Fsp3) is 0.476. The summed E-state index contributed by atoms with van der Waals surface area (Å²) in [4.78, 5) is 20.3. The number of benzene rings is 1. The lowest BCUT2D eigenvalue weighted by Gasteiger charge is -2.36. The van der Waals surface area contributed by atoms with Crippen LogP contribution in [0, 0.1) is 0 Å². The number of amides is 1. The van der Waals surface area contributed by atoms with E-state index in [1.54, 1.807) is 17.4 Å². The van der Waals surface area contributed by atoms with Crippen molar-refractivity contribution in [3.05, 3.63) is 57.3 Å². The highest BCUT2D eigenvalue weighted by atomic mass is 32.1. The molecule has 0 radical (unpaired) electrons. The zero-order chi connectivity index (χ0) is 20.4. The first-order valence-electron chi connectivity index (χ1n) is 9.82.